The van der Waals surface area contributed by atoms with E-state index in [4.69, 9.17) is 9.84 Å². The monoisotopic (exact) mass is 332 g/mol. The van der Waals surface area contributed by atoms with Crippen molar-refractivity contribution in [3.63, 3.8) is 0 Å². The first kappa shape index (κ1) is 16.4. The summed E-state index contributed by atoms with van der Waals surface area (Å²) in [4.78, 5) is 38.7. The normalized spacial score (nSPS) is 20.7. The number of rotatable bonds is 4. The average molecular weight is 332 g/mol. The summed E-state index contributed by atoms with van der Waals surface area (Å²) in [5.74, 6) is -1.19. The van der Waals surface area contributed by atoms with Crippen LogP contribution in [0.5, 0.6) is 0 Å². The maximum absolute atomic E-state index is 12.4. The molecular weight excluding hydrogens is 312 g/mol. The van der Waals surface area contributed by atoms with Crippen molar-refractivity contribution in [1.82, 2.24) is 4.90 Å². The number of aryl methyl sites for hydroxylation is 1. The number of aliphatic carboxylic acids is 1. The number of carbonyl (C=O) groups is 3. The predicted octanol–water partition coefficient (Wildman–Crippen LogP) is 0.668. The number of hydrogen-bond acceptors (Lipinski definition) is 4. The largest absolute Gasteiger partial charge is 0.479 e. The van der Waals surface area contributed by atoms with Crippen molar-refractivity contribution in [3.05, 3.63) is 29.8 Å². The van der Waals surface area contributed by atoms with E-state index < -0.39 is 12.1 Å². The first-order valence-electron chi connectivity index (χ1n) is 8.06. The zero-order valence-electron chi connectivity index (χ0n) is 13.3. The van der Waals surface area contributed by atoms with E-state index in [-0.39, 0.29) is 31.4 Å². The zero-order valence-corrected chi connectivity index (χ0v) is 13.3. The Hall–Kier alpha value is -2.41. The van der Waals surface area contributed by atoms with Gasteiger partial charge in [-0.3, -0.25) is 9.59 Å². The van der Waals surface area contributed by atoms with E-state index in [1.54, 1.807) is 4.90 Å². The van der Waals surface area contributed by atoms with E-state index >= 15 is 0 Å². The van der Waals surface area contributed by atoms with Crippen LogP contribution >= 0.6 is 0 Å². The second kappa shape index (κ2) is 7.00. The van der Waals surface area contributed by atoms with Crippen LogP contribution in [0.15, 0.2) is 24.3 Å². The molecule has 0 saturated carbocycles. The highest BCUT2D eigenvalue weighted by atomic mass is 16.5. The third-order valence-electron chi connectivity index (χ3n) is 4.44. The number of benzene rings is 1. The van der Waals surface area contributed by atoms with E-state index in [0.717, 1.165) is 17.7 Å². The molecule has 0 aromatic heterocycles. The Balaban J connectivity index is 1.62. The Bertz CT molecular complexity index is 660. The molecular formula is C17H20N2O5. The van der Waals surface area contributed by atoms with E-state index in [1.807, 2.05) is 24.3 Å². The molecule has 1 N–H and O–H groups in total. The Morgan fingerprint density at radius 2 is 2.04 bits per heavy atom. The maximum atomic E-state index is 12.4. The van der Waals surface area contributed by atoms with E-state index in [1.165, 1.54) is 4.90 Å². The molecule has 2 amide bonds. The van der Waals surface area contributed by atoms with Gasteiger partial charge in [-0.25, -0.2) is 4.79 Å². The molecule has 1 aromatic carbocycles. The number of carbonyl (C=O) groups excluding carboxylic acids is 2. The predicted molar refractivity (Wildman–Crippen MR) is 85.7 cm³/mol. The molecule has 2 heterocycles. The molecule has 7 nitrogen and oxygen atoms in total. The quantitative estimate of drug-likeness (QED) is 0.875. The number of amides is 2. The van der Waals surface area contributed by atoms with Gasteiger partial charge in [-0.2, -0.15) is 0 Å². The lowest BCUT2D eigenvalue weighted by atomic mass is 10.0. The number of carboxylic acid groups (broad SMARTS) is 1. The summed E-state index contributed by atoms with van der Waals surface area (Å²) >= 11 is 0. The lowest BCUT2D eigenvalue weighted by Gasteiger charge is -2.33. The second-order valence-corrected chi connectivity index (χ2v) is 5.96. The number of ether oxygens (including phenoxy) is 1. The summed E-state index contributed by atoms with van der Waals surface area (Å²) in [6, 6.07) is 7.71. The number of fused-ring (bicyclic) bond motifs is 1. The molecule has 0 aliphatic carbocycles. The number of morpholine rings is 1. The third-order valence-corrected chi connectivity index (χ3v) is 4.44. The Kier molecular flexibility index (Phi) is 4.80. The molecule has 1 atom stereocenters. The maximum Gasteiger partial charge on any atom is 0.334 e. The highest BCUT2D eigenvalue weighted by molar-refractivity contribution is 5.97. The molecule has 2 aliphatic rings. The van der Waals surface area contributed by atoms with Crippen LogP contribution in [0.3, 0.4) is 0 Å². The van der Waals surface area contributed by atoms with Crippen molar-refractivity contribution in [2.45, 2.75) is 25.4 Å². The summed E-state index contributed by atoms with van der Waals surface area (Å²) < 4.78 is 5.12. The van der Waals surface area contributed by atoms with Crippen LogP contribution in [0.1, 0.15) is 18.4 Å². The summed E-state index contributed by atoms with van der Waals surface area (Å²) in [7, 11) is 0. The summed E-state index contributed by atoms with van der Waals surface area (Å²) in [5.41, 5.74) is 1.98. The average Bonchev–Trinajstić information content (AvgIpc) is 2.60. The molecule has 7 heteroatoms. The topological polar surface area (TPSA) is 87.2 Å². The van der Waals surface area contributed by atoms with Crippen LogP contribution in [0, 0.1) is 0 Å². The zero-order chi connectivity index (χ0) is 17.1. The van der Waals surface area contributed by atoms with Gasteiger partial charge in [0.15, 0.2) is 6.10 Å². The molecule has 0 radical (unpaired) electrons. The lowest BCUT2D eigenvalue weighted by molar-refractivity contribution is -0.159. The van der Waals surface area contributed by atoms with Gasteiger partial charge in [-0.05, 0) is 18.1 Å². The van der Waals surface area contributed by atoms with E-state index in [0.29, 0.717) is 19.5 Å². The van der Waals surface area contributed by atoms with Crippen molar-refractivity contribution >= 4 is 23.5 Å². The fourth-order valence-corrected chi connectivity index (χ4v) is 3.13. The molecule has 0 spiro atoms. The van der Waals surface area contributed by atoms with Gasteiger partial charge in [0.05, 0.1) is 13.2 Å². The number of hydrogen-bond donors (Lipinski definition) is 1. The first-order valence-corrected chi connectivity index (χ1v) is 8.06. The minimum atomic E-state index is -1.06. The summed E-state index contributed by atoms with van der Waals surface area (Å²) in [6.07, 6.45) is 0.375. The summed E-state index contributed by atoms with van der Waals surface area (Å²) in [6.45, 7) is 0.962. The minimum absolute atomic E-state index is 0.0203. The standard InChI is InChI=1S/C17H20N2O5/c20-15(18-9-10-24-14(11-18)17(22)23)7-8-19-13-4-2-1-3-12(13)5-6-16(19)21/h1-4,14H,5-11H2,(H,22,23). The molecule has 1 fully saturated rings. The highest BCUT2D eigenvalue weighted by Crippen LogP contribution is 2.27. The molecule has 1 saturated heterocycles. The van der Waals surface area contributed by atoms with Gasteiger partial charge in [0, 0.05) is 31.6 Å². The van der Waals surface area contributed by atoms with Crippen LogP contribution in [0.2, 0.25) is 0 Å². The van der Waals surface area contributed by atoms with E-state index in [2.05, 4.69) is 0 Å². The highest BCUT2D eigenvalue weighted by Gasteiger charge is 2.30. The fourth-order valence-electron chi connectivity index (χ4n) is 3.13. The van der Waals surface area contributed by atoms with Gasteiger partial charge < -0.3 is 19.6 Å². The van der Waals surface area contributed by atoms with Gasteiger partial charge in [0.2, 0.25) is 11.8 Å². The van der Waals surface area contributed by atoms with Gasteiger partial charge >= 0.3 is 5.97 Å². The number of anilines is 1. The van der Waals surface area contributed by atoms with Gasteiger partial charge in [0.1, 0.15) is 0 Å². The molecule has 1 unspecified atom stereocenters. The first-order chi connectivity index (χ1) is 11.6. The Labute approximate surface area is 139 Å². The van der Waals surface area contributed by atoms with Gasteiger partial charge in [-0.15, -0.1) is 0 Å². The third kappa shape index (κ3) is 3.41. The van der Waals surface area contributed by atoms with Gasteiger partial charge in [0.25, 0.3) is 0 Å². The molecule has 128 valence electrons. The fraction of sp³-hybridized carbons (Fsp3) is 0.471. The minimum Gasteiger partial charge on any atom is -0.479 e. The van der Waals surface area contributed by atoms with Crippen LogP contribution in [0.25, 0.3) is 0 Å². The van der Waals surface area contributed by atoms with Crippen LogP contribution < -0.4 is 4.90 Å². The number of carboxylic acids is 1. The van der Waals surface area contributed by atoms with Crippen LogP contribution in [0.4, 0.5) is 5.69 Å². The van der Waals surface area contributed by atoms with Crippen molar-refractivity contribution in [1.29, 1.82) is 0 Å². The molecule has 2 aliphatic heterocycles. The second-order valence-electron chi connectivity index (χ2n) is 5.96. The molecule has 3 rings (SSSR count). The van der Waals surface area contributed by atoms with Crippen molar-refractivity contribution in [2.24, 2.45) is 0 Å². The molecule has 1 aromatic rings. The van der Waals surface area contributed by atoms with Crippen molar-refractivity contribution in [3.8, 4) is 0 Å². The number of para-hydroxylation sites is 1. The Morgan fingerprint density at radius 1 is 1.25 bits per heavy atom. The smallest absolute Gasteiger partial charge is 0.334 e. The van der Waals surface area contributed by atoms with Gasteiger partial charge in [-0.1, -0.05) is 18.2 Å². The SMILES string of the molecule is O=C(O)C1CN(C(=O)CCN2C(=O)CCc3ccccc32)CCO1. The van der Waals surface area contributed by atoms with E-state index in [9.17, 15) is 14.4 Å². The van der Waals surface area contributed by atoms with Crippen LogP contribution in [-0.4, -0.2) is 60.1 Å². The molecule has 0 bridgehead atoms. The summed E-state index contributed by atoms with van der Waals surface area (Å²) in [5, 5.41) is 9.00. The number of nitrogens with zero attached hydrogens (tertiary/aromatic N) is 2. The Morgan fingerprint density at radius 3 is 2.83 bits per heavy atom. The molecule has 24 heavy (non-hydrogen) atoms. The van der Waals surface area contributed by atoms with Crippen LogP contribution in [-0.2, 0) is 25.5 Å². The lowest BCUT2D eigenvalue weighted by Crippen LogP contribution is -2.49. The van der Waals surface area contributed by atoms with Crippen molar-refractivity contribution < 1.29 is 24.2 Å². The van der Waals surface area contributed by atoms with Crippen molar-refractivity contribution in [2.75, 3.05) is 31.1 Å².